The zero-order valence-electron chi connectivity index (χ0n) is 15.0. The quantitative estimate of drug-likeness (QED) is 0.854. The molecule has 1 amide bonds. The second kappa shape index (κ2) is 7.86. The van der Waals surface area contributed by atoms with Crippen molar-refractivity contribution in [3.8, 4) is 11.5 Å². The highest BCUT2D eigenvalue weighted by Gasteiger charge is 2.07. The normalized spacial score (nSPS) is 10.6. The van der Waals surface area contributed by atoms with E-state index in [1.54, 1.807) is 0 Å². The summed E-state index contributed by atoms with van der Waals surface area (Å²) in [5.41, 5.74) is 4.11. The number of hydrogen-bond acceptors (Lipinski definition) is 3. The van der Waals surface area contributed by atoms with Crippen molar-refractivity contribution in [3.63, 3.8) is 0 Å². The molecule has 128 valence electrons. The molecule has 4 heteroatoms. The molecule has 2 rings (SSSR count). The minimum atomic E-state index is -0.190. The summed E-state index contributed by atoms with van der Waals surface area (Å²) >= 11 is 0. The average molecular weight is 327 g/mol. The van der Waals surface area contributed by atoms with Crippen LogP contribution in [0, 0.1) is 20.8 Å². The maximum atomic E-state index is 12.0. The van der Waals surface area contributed by atoms with Crippen LogP contribution in [0.2, 0.25) is 0 Å². The van der Waals surface area contributed by atoms with E-state index < -0.39 is 0 Å². The molecule has 24 heavy (non-hydrogen) atoms. The maximum absolute atomic E-state index is 12.0. The van der Waals surface area contributed by atoms with Gasteiger partial charge in [-0.05, 0) is 81.6 Å². The van der Waals surface area contributed by atoms with Crippen molar-refractivity contribution in [2.24, 2.45) is 0 Å². The highest BCUT2D eigenvalue weighted by molar-refractivity contribution is 5.91. The Morgan fingerprint density at radius 2 is 1.62 bits per heavy atom. The van der Waals surface area contributed by atoms with Crippen molar-refractivity contribution < 1.29 is 14.3 Å². The number of carbonyl (C=O) groups is 1. The molecule has 2 aromatic rings. The summed E-state index contributed by atoms with van der Waals surface area (Å²) in [6.45, 7) is 10.00. The fourth-order valence-corrected chi connectivity index (χ4v) is 2.32. The molecule has 1 N–H and O–H groups in total. The fraction of sp³-hybridized carbons (Fsp3) is 0.350. The lowest BCUT2D eigenvalue weighted by atomic mass is 10.1. The third-order valence-electron chi connectivity index (χ3n) is 3.66. The Hall–Kier alpha value is -2.49. The molecule has 0 aliphatic carbocycles. The molecule has 4 nitrogen and oxygen atoms in total. The third kappa shape index (κ3) is 5.01. The van der Waals surface area contributed by atoms with Crippen LogP contribution < -0.4 is 14.8 Å². The van der Waals surface area contributed by atoms with Crippen LogP contribution in [0.3, 0.4) is 0 Å². The predicted octanol–water partition coefficient (Wildman–Crippen LogP) is 4.42. The molecule has 0 spiro atoms. The molecule has 0 saturated carbocycles. The van der Waals surface area contributed by atoms with Crippen LogP contribution in [-0.4, -0.2) is 18.6 Å². The number of carbonyl (C=O) groups excluding carboxylic acids is 1. The van der Waals surface area contributed by atoms with Gasteiger partial charge < -0.3 is 14.8 Å². The van der Waals surface area contributed by atoms with Gasteiger partial charge in [-0.25, -0.2) is 0 Å². The monoisotopic (exact) mass is 327 g/mol. The fourth-order valence-electron chi connectivity index (χ4n) is 2.32. The van der Waals surface area contributed by atoms with Crippen LogP contribution in [0.15, 0.2) is 36.4 Å². The minimum Gasteiger partial charge on any atom is -0.491 e. The van der Waals surface area contributed by atoms with Crippen LogP contribution in [0.1, 0.15) is 30.5 Å². The maximum Gasteiger partial charge on any atom is 0.262 e. The van der Waals surface area contributed by atoms with E-state index in [1.807, 2.05) is 58.0 Å². The molecule has 0 radical (unpaired) electrons. The molecule has 0 heterocycles. The SMILES string of the molecule is Cc1cc(C)c(OCC(=O)Nc2ccc(OC(C)C)cc2)cc1C. The number of rotatable bonds is 6. The van der Waals surface area contributed by atoms with Crippen LogP contribution in [-0.2, 0) is 4.79 Å². The summed E-state index contributed by atoms with van der Waals surface area (Å²) in [4.78, 5) is 12.0. The van der Waals surface area contributed by atoms with Gasteiger partial charge in [-0.3, -0.25) is 4.79 Å². The number of hydrogen-bond donors (Lipinski definition) is 1. The Labute approximate surface area is 143 Å². The number of aryl methyl sites for hydroxylation is 3. The average Bonchev–Trinajstić information content (AvgIpc) is 2.51. The Morgan fingerprint density at radius 3 is 2.25 bits per heavy atom. The number of nitrogens with one attached hydrogen (secondary N) is 1. The van der Waals surface area contributed by atoms with Crippen molar-refractivity contribution in [1.29, 1.82) is 0 Å². The number of amides is 1. The molecule has 0 aromatic heterocycles. The Kier molecular flexibility index (Phi) is 5.85. The van der Waals surface area contributed by atoms with E-state index in [1.165, 1.54) is 5.56 Å². The van der Waals surface area contributed by atoms with E-state index >= 15 is 0 Å². The van der Waals surface area contributed by atoms with Gasteiger partial charge in [0, 0.05) is 5.69 Å². The summed E-state index contributed by atoms with van der Waals surface area (Å²) in [5.74, 6) is 1.34. The predicted molar refractivity (Wildman–Crippen MR) is 97.0 cm³/mol. The van der Waals surface area contributed by atoms with E-state index in [-0.39, 0.29) is 18.6 Å². The van der Waals surface area contributed by atoms with Gasteiger partial charge >= 0.3 is 0 Å². The first kappa shape index (κ1) is 17.9. The zero-order chi connectivity index (χ0) is 17.7. The van der Waals surface area contributed by atoms with Gasteiger partial charge in [-0.2, -0.15) is 0 Å². The van der Waals surface area contributed by atoms with E-state index in [0.29, 0.717) is 0 Å². The summed E-state index contributed by atoms with van der Waals surface area (Å²) in [7, 11) is 0. The number of benzene rings is 2. The molecule has 0 aliphatic rings. The smallest absolute Gasteiger partial charge is 0.262 e. The highest BCUT2D eigenvalue weighted by Crippen LogP contribution is 2.22. The lowest BCUT2D eigenvalue weighted by Crippen LogP contribution is -2.20. The van der Waals surface area contributed by atoms with Gasteiger partial charge in [-0.15, -0.1) is 0 Å². The van der Waals surface area contributed by atoms with Gasteiger partial charge in [-0.1, -0.05) is 6.07 Å². The molecule has 2 aromatic carbocycles. The lowest BCUT2D eigenvalue weighted by molar-refractivity contribution is -0.118. The molecule has 0 bridgehead atoms. The van der Waals surface area contributed by atoms with Crippen molar-refractivity contribution in [2.45, 2.75) is 40.7 Å². The van der Waals surface area contributed by atoms with E-state index in [4.69, 9.17) is 9.47 Å². The van der Waals surface area contributed by atoms with Crippen LogP contribution in [0.5, 0.6) is 11.5 Å². The Bertz CT molecular complexity index is 706. The number of anilines is 1. The topological polar surface area (TPSA) is 47.6 Å². The first-order valence-electron chi connectivity index (χ1n) is 8.12. The third-order valence-corrected chi connectivity index (χ3v) is 3.66. The van der Waals surface area contributed by atoms with E-state index in [2.05, 4.69) is 18.3 Å². The van der Waals surface area contributed by atoms with Crippen LogP contribution >= 0.6 is 0 Å². The Balaban J connectivity index is 1.90. The van der Waals surface area contributed by atoms with E-state index in [9.17, 15) is 4.79 Å². The second-order valence-electron chi connectivity index (χ2n) is 6.23. The molecule has 0 saturated heterocycles. The Morgan fingerprint density at radius 1 is 1.00 bits per heavy atom. The molecular weight excluding hydrogens is 302 g/mol. The van der Waals surface area contributed by atoms with Gasteiger partial charge in [0.05, 0.1) is 6.10 Å². The second-order valence-corrected chi connectivity index (χ2v) is 6.23. The van der Waals surface area contributed by atoms with Gasteiger partial charge in [0.15, 0.2) is 6.61 Å². The summed E-state index contributed by atoms with van der Waals surface area (Å²) in [5, 5.41) is 2.82. The van der Waals surface area contributed by atoms with Crippen molar-refractivity contribution in [3.05, 3.63) is 53.1 Å². The van der Waals surface area contributed by atoms with Crippen molar-refractivity contribution in [1.82, 2.24) is 0 Å². The first-order chi connectivity index (χ1) is 11.3. The zero-order valence-corrected chi connectivity index (χ0v) is 15.0. The summed E-state index contributed by atoms with van der Waals surface area (Å²) in [6, 6.07) is 11.3. The van der Waals surface area contributed by atoms with Gasteiger partial charge in [0.1, 0.15) is 11.5 Å². The van der Waals surface area contributed by atoms with Crippen LogP contribution in [0.25, 0.3) is 0 Å². The summed E-state index contributed by atoms with van der Waals surface area (Å²) in [6.07, 6.45) is 0.125. The van der Waals surface area contributed by atoms with Crippen LogP contribution in [0.4, 0.5) is 5.69 Å². The standard InChI is InChI=1S/C20H25NO3/c1-13(2)24-18-8-6-17(7-9-18)21-20(22)12-23-19-11-15(4)14(3)10-16(19)5/h6-11,13H,12H2,1-5H3,(H,21,22). The number of ether oxygens (including phenoxy) is 2. The van der Waals surface area contributed by atoms with Gasteiger partial charge in [0.2, 0.25) is 0 Å². The molecular formula is C20H25NO3. The first-order valence-corrected chi connectivity index (χ1v) is 8.12. The molecule has 0 fully saturated rings. The molecule has 0 unspecified atom stereocenters. The molecule has 0 aliphatic heterocycles. The van der Waals surface area contributed by atoms with Crippen molar-refractivity contribution in [2.75, 3.05) is 11.9 Å². The van der Waals surface area contributed by atoms with E-state index in [0.717, 1.165) is 28.3 Å². The lowest BCUT2D eigenvalue weighted by Gasteiger charge is -2.13. The summed E-state index contributed by atoms with van der Waals surface area (Å²) < 4.78 is 11.2. The molecule has 0 atom stereocenters. The minimum absolute atomic E-state index is 0.0203. The highest BCUT2D eigenvalue weighted by atomic mass is 16.5. The van der Waals surface area contributed by atoms with Crippen molar-refractivity contribution >= 4 is 11.6 Å². The largest absolute Gasteiger partial charge is 0.491 e. The van der Waals surface area contributed by atoms with Gasteiger partial charge in [0.25, 0.3) is 5.91 Å².